The van der Waals surface area contributed by atoms with Crippen molar-refractivity contribution in [2.45, 2.75) is 13.1 Å². The van der Waals surface area contributed by atoms with E-state index in [4.69, 9.17) is 5.73 Å². The van der Waals surface area contributed by atoms with Crippen LogP contribution in [0.2, 0.25) is 0 Å². The van der Waals surface area contributed by atoms with E-state index in [1.807, 2.05) is 6.92 Å². The van der Waals surface area contributed by atoms with Gasteiger partial charge in [0.2, 0.25) is 0 Å². The number of nitrogens with one attached hydrogen (secondary N) is 1. The summed E-state index contributed by atoms with van der Waals surface area (Å²) >= 11 is 0. The van der Waals surface area contributed by atoms with Crippen LogP contribution in [0.25, 0.3) is 0 Å². The molecule has 0 amide bonds. The molecule has 1 aliphatic rings. The Morgan fingerprint density at radius 3 is 2.25 bits per heavy atom. The van der Waals surface area contributed by atoms with Gasteiger partial charge in [-0.2, -0.15) is 30.6 Å². The van der Waals surface area contributed by atoms with Crippen LogP contribution in [0.1, 0.15) is 6.92 Å². The van der Waals surface area contributed by atoms with Gasteiger partial charge < -0.3 is 10.6 Å². The van der Waals surface area contributed by atoms with Crippen molar-refractivity contribution in [2.24, 2.45) is 11.7 Å². The van der Waals surface area contributed by atoms with E-state index >= 15 is 0 Å². The molecule has 1 rings (SSSR count). The highest BCUT2D eigenvalue weighted by molar-refractivity contribution is 7.87. The van der Waals surface area contributed by atoms with Crippen molar-refractivity contribution in [1.29, 1.82) is 0 Å². The third-order valence-electron chi connectivity index (χ3n) is 3.10. The molecule has 1 fully saturated rings. The summed E-state index contributed by atoms with van der Waals surface area (Å²) in [4.78, 5) is 2.06. The predicted octanol–water partition coefficient (Wildman–Crippen LogP) is -0.404. The number of nitrogens with two attached hydrogens (primary N) is 1. The third kappa shape index (κ3) is 5.92. The number of nitrogens with zero attached hydrogens (tertiary/aromatic N) is 2. The number of alkyl halides is 3. The van der Waals surface area contributed by atoms with Gasteiger partial charge in [-0.1, -0.05) is 6.92 Å². The van der Waals surface area contributed by atoms with Crippen molar-refractivity contribution < 1.29 is 21.6 Å². The van der Waals surface area contributed by atoms with E-state index in [-0.39, 0.29) is 13.1 Å². The largest absolute Gasteiger partial charge is 0.402 e. The molecule has 0 aromatic heterocycles. The van der Waals surface area contributed by atoms with Crippen molar-refractivity contribution in [2.75, 3.05) is 45.8 Å². The Morgan fingerprint density at radius 2 is 1.80 bits per heavy atom. The summed E-state index contributed by atoms with van der Waals surface area (Å²) in [5.74, 6) is 0.307. The molecule has 0 aromatic rings. The molecular weight excluding hydrogens is 297 g/mol. The van der Waals surface area contributed by atoms with Crippen LogP contribution in [0.5, 0.6) is 0 Å². The molecule has 1 heterocycles. The first kappa shape index (κ1) is 17.6. The van der Waals surface area contributed by atoms with Crippen LogP contribution in [0.4, 0.5) is 13.2 Å². The van der Waals surface area contributed by atoms with Gasteiger partial charge in [0.05, 0.1) is 0 Å². The Kier molecular flexibility index (Phi) is 6.20. The maximum absolute atomic E-state index is 12.0. The molecule has 3 N–H and O–H groups in total. The van der Waals surface area contributed by atoms with E-state index in [0.717, 1.165) is 10.8 Å². The lowest BCUT2D eigenvalue weighted by molar-refractivity contribution is -0.121. The maximum Gasteiger partial charge on any atom is 0.402 e. The molecule has 0 saturated carbocycles. The second kappa shape index (κ2) is 7.03. The molecule has 0 aromatic carbocycles. The van der Waals surface area contributed by atoms with Crippen LogP contribution in [0, 0.1) is 5.92 Å². The quantitative estimate of drug-likeness (QED) is 0.698. The molecule has 1 saturated heterocycles. The Morgan fingerprint density at radius 1 is 1.25 bits per heavy atom. The molecule has 0 bridgehead atoms. The summed E-state index contributed by atoms with van der Waals surface area (Å²) in [6, 6.07) is 0. The molecule has 6 nitrogen and oxygen atoms in total. The second-order valence-corrected chi connectivity index (χ2v) is 6.74. The van der Waals surface area contributed by atoms with Crippen LogP contribution in [0.3, 0.4) is 0 Å². The molecule has 120 valence electrons. The highest BCUT2D eigenvalue weighted by atomic mass is 32.2. The van der Waals surface area contributed by atoms with Crippen molar-refractivity contribution in [3.05, 3.63) is 0 Å². The minimum atomic E-state index is -4.55. The zero-order valence-electron chi connectivity index (χ0n) is 11.4. The molecule has 10 heteroatoms. The second-order valence-electron chi connectivity index (χ2n) is 4.98. The van der Waals surface area contributed by atoms with Gasteiger partial charge in [0, 0.05) is 32.7 Å². The smallest absolute Gasteiger partial charge is 0.330 e. The lowest BCUT2D eigenvalue weighted by atomic mass is 10.1. The molecule has 1 unspecified atom stereocenters. The van der Waals surface area contributed by atoms with E-state index in [0.29, 0.717) is 25.6 Å². The minimum Gasteiger partial charge on any atom is -0.330 e. The number of piperazine rings is 1. The van der Waals surface area contributed by atoms with E-state index < -0.39 is 22.9 Å². The fourth-order valence-corrected chi connectivity index (χ4v) is 3.10. The van der Waals surface area contributed by atoms with Crippen LogP contribution in [-0.4, -0.2) is 69.6 Å². The number of hydrogen-bond donors (Lipinski definition) is 2. The molecule has 0 aliphatic carbocycles. The molecule has 1 aliphatic heterocycles. The standard InChI is InChI=1S/C10H21F3N4O2S/c1-9(6-14)7-16-2-4-17(5-3-16)20(18,19)15-8-10(11,12)13/h9,15H,2-8,14H2,1H3. The molecular formula is C10H21F3N4O2S. The van der Waals surface area contributed by atoms with Crippen molar-refractivity contribution >= 4 is 10.2 Å². The summed E-state index contributed by atoms with van der Waals surface area (Å²) in [6.45, 7) is 3.13. The van der Waals surface area contributed by atoms with E-state index in [9.17, 15) is 21.6 Å². The minimum absolute atomic E-state index is 0.185. The molecule has 0 radical (unpaired) electrons. The van der Waals surface area contributed by atoms with Crippen molar-refractivity contribution in [3.63, 3.8) is 0 Å². The van der Waals surface area contributed by atoms with Crippen LogP contribution >= 0.6 is 0 Å². The van der Waals surface area contributed by atoms with E-state index in [1.54, 1.807) is 4.72 Å². The predicted molar refractivity (Wildman–Crippen MR) is 69.2 cm³/mol. The van der Waals surface area contributed by atoms with Gasteiger partial charge in [-0.05, 0) is 12.5 Å². The van der Waals surface area contributed by atoms with Gasteiger partial charge in [-0.15, -0.1) is 0 Å². The zero-order valence-corrected chi connectivity index (χ0v) is 12.2. The van der Waals surface area contributed by atoms with Gasteiger partial charge in [0.1, 0.15) is 6.54 Å². The van der Waals surface area contributed by atoms with Gasteiger partial charge in [-0.25, -0.2) is 0 Å². The number of halogens is 3. The average Bonchev–Trinajstić information content (AvgIpc) is 2.36. The van der Waals surface area contributed by atoms with Crippen LogP contribution < -0.4 is 10.5 Å². The van der Waals surface area contributed by atoms with Crippen LogP contribution in [-0.2, 0) is 10.2 Å². The fourth-order valence-electron chi connectivity index (χ4n) is 1.93. The summed E-state index contributed by atoms with van der Waals surface area (Å²) in [6.07, 6.45) is -4.55. The highest BCUT2D eigenvalue weighted by Gasteiger charge is 2.33. The topological polar surface area (TPSA) is 78.7 Å². The zero-order chi connectivity index (χ0) is 15.4. The summed E-state index contributed by atoms with van der Waals surface area (Å²) < 4.78 is 62.1. The van der Waals surface area contributed by atoms with Gasteiger partial charge >= 0.3 is 6.18 Å². The van der Waals surface area contributed by atoms with Gasteiger partial charge in [0.15, 0.2) is 0 Å². The van der Waals surface area contributed by atoms with Crippen molar-refractivity contribution in [1.82, 2.24) is 13.9 Å². The Labute approximate surface area is 117 Å². The molecule has 20 heavy (non-hydrogen) atoms. The molecule has 1 atom stereocenters. The van der Waals surface area contributed by atoms with Gasteiger partial charge in [0.25, 0.3) is 10.2 Å². The normalized spacial score (nSPS) is 21.1. The van der Waals surface area contributed by atoms with Crippen LogP contribution in [0.15, 0.2) is 0 Å². The lowest BCUT2D eigenvalue weighted by Gasteiger charge is -2.35. The SMILES string of the molecule is CC(CN)CN1CCN(S(=O)(=O)NCC(F)(F)F)CC1. The number of hydrogen-bond acceptors (Lipinski definition) is 4. The summed E-state index contributed by atoms with van der Waals surface area (Å²) in [5.41, 5.74) is 5.52. The van der Waals surface area contributed by atoms with E-state index in [2.05, 4.69) is 4.90 Å². The highest BCUT2D eigenvalue weighted by Crippen LogP contribution is 2.14. The Bertz CT molecular complexity index is 394. The summed E-state index contributed by atoms with van der Waals surface area (Å²) in [5, 5.41) is 0. The first-order chi connectivity index (χ1) is 9.14. The lowest BCUT2D eigenvalue weighted by Crippen LogP contribution is -2.53. The third-order valence-corrected chi connectivity index (χ3v) is 4.65. The maximum atomic E-state index is 12.0. The summed E-state index contributed by atoms with van der Waals surface area (Å²) in [7, 11) is -4.06. The average molecular weight is 318 g/mol. The Hall–Kier alpha value is -0.420. The fraction of sp³-hybridized carbons (Fsp3) is 1.00. The first-order valence-electron chi connectivity index (χ1n) is 6.38. The van der Waals surface area contributed by atoms with Gasteiger partial charge in [-0.3, -0.25) is 0 Å². The van der Waals surface area contributed by atoms with Crippen molar-refractivity contribution in [3.8, 4) is 0 Å². The van der Waals surface area contributed by atoms with E-state index in [1.165, 1.54) is 0 Å². The first-order valence-corrected chi connectivity index (χ1v) is 7.82. The Balaban J connectivity index is 2.44. The molecule has 0 spiro atoms. The monoisotopic (exact) mass is 318 g/mol. The number of rotatable bonds is 6.